The van der Waals surface area contributed by atoms with Crippen molar-refractivity contribution in [2.45, 2.75) is 25.4 Å². The van der Waals surface area contributed by atoms with Crippen molar-refractivity contribution in [3.8, 4) is 0 Å². The Labute approximate surface area is 175 Å². The van der Waals surface area contributed by atoms with Gasteiger partial charge in [-0.2, -0.15) is 0 Å². The molecule has 1 aliphatic heterocycles. The molecular formula is C23H25N5O2. The predicted octanol–water partition coefficient (Wildman–Crippen LogP) is 2.54. The Bertz CT molecular complexity index is 1050. The van der Waals surface area contributed by atoms with Gasteiger partial charge in [0.05, 0.1) is 6.54 Å². The van der Waals surface area contributed by atoms with Crippen LogP contribution in [0.3, 0.4) is 0 Å². The van der Waals surface area contributed by atoms with Crippen LogP contribution in [0.2, 0.25) is 0 Å². The van der Waals surface area contributed by atoms with Crippen LogP contribution >= 0.6 is 0 Å². The Morgan fingerprint density at radius 3 is 2.80 bits per heavy atom. The van der Waals surface area contributed by atoms with Crippen LogP contribution in [0, 0.1) is 0 Å². The van der Waals surface area contributed by atoms with E-state index in [4.69, 9.17) is 5.73 Å². The van der Waals surface area contributed by atoms with Crippen molar-refractivity contribution in [1.29, 1.82) is 0 Å². The molecule has 4 N–H and O–H groups in total. The number of para-hydroxylation sites is 1. The molecule has 2 aromatic carbocycles. The van der Waals surface area contributed by atoms with Crippen molar-refractivity contribution in [1.82, 2.24) is 15.2 Å². The molecule has 4 rings (SSSR count). The van der Waals surface area contributed by atoms with E-state index < -0.39 is 6.04 Å². The topological polar surface area (TPSA) is 100 Å². The van der Waals surface area contributed by atoms with E-state index in [9.17, 15) is 9.59 Å². The van der Waals surface area contributed by atoms with Crippen LogP contribution in [-0.4, -0.2) is 40.8 Å². The lowest BCUT2D eigenvalue weighted by molar-refractivity contribution is -0.137. The fourth-order valence-electron chi connectivity index (χ4n) is 3.84. The number of nitrogens with two attached hydrogens (primary N) is 1. The minimum atomic E-state index is -0.421. The summed E-state index contributed by atoms with van der Waals surface area (Å²) in [7, 11) is 0. The van der Waals surface area contributed by atoms with E-state index in [1.165, 1.54) is 0 Å². The summed E-state index contributed by atoms with van der Waals surface area (Å²) in [4.78, 5) is 31.2. The van der Waals surface area contributed by atoms with E-state index in [2.05, 4.69) is 15.6 Å². The molecule has 2 amide bonds. The molecule has 1 atom stereocenters. The van der Waals surface area contributed by atoms with E-state index in [0.717, 1.165) is 28.4 Å². The molecule has 7 heteroatoms. The molecule has 0 radical (unpaired) electrons. The third kappa shape index (κ3) is 4.35. The normalized spacial score (nSPS) is 15.9. The number of hydrogen-bond donors (Lipinski definition) is 3. The minimum Gasteiger partial charge on any atom is -0.383 e. The SMILES string of the molecule is Nc1nccc2cc(CNC(=O)[C@@H]3CCCN3C(=O)CNc3ccccc3)ccc12. The predicted molar refractivity (Wildman–Crippen MR) is 118 cm³/mol. The van der Waals surface area contributed by atoms with Crippen molar-refractivity contribution in [3.05, 3.63) is 66.4 Å². The van der Waals surface area contributed by atoms with Gasteiger partial charge in [0.15, 0.2) is 0 Å². The third-order valence-corrected chi connectivity index (χ3v) is 5.42. The van der Waals surface area contributed by atoms with Gasteiger partial charge in [-0.1, -0.05) is 30.3 Å². The molecule has 154 valence electrons. The number of anilines is 2. The van der Waals surface area contributed by atoms with Gasteiger partial charge in [-0.25, -0.2) is 4.98 Å². The van der Waals surface area contributed by atoms with Gasteiger partial charge in [-0.15, -0.1) is 0 Å². The number of hydrogen-bond acceptors (Lipinski definition) is 5. The third-order valence-electron chi connectivity index (χ3n) is 5.42. The van der Waals surface area contributed by atoms with Gasteiger partial charge >= 0.3 is 0 Å². The molecule has 7 nitrogen and oxygen atoms in total. The zero-order valence-corrected chi connectivity index (χ0v) is 16.7. The molecule has 1 fully saturated rings. The van der Waals surface area contributed by atoms with Crippen molar-refractivity contribution in [3.63, 3.8) is 0 Å². The first-order valence-corrected chi connectivity index (χ1v) is 10.1. The fraction of sp³-hybridized carbons (Fsp3) is 0.261. The summed E-state index contributed by atoms with van der Waals surface area (Å²) in [6, 6.07) is 16.9. The van der Waals surface area contributed by atoms with Crippen LogP contribution in [-0.2, 0) is 16.1 Å². The summed E-state index contributed by atoms with van der Waals surface area (Å²) in [5, 5.41) is 7.98. The number of nitrogen functional groups attached to an aromatic ring is 1. The lowest BCUT2D eigenvalue weighted by atomic mass is 10.1. The van der Waals surface area contributed by atoms with Gasteiger partial charge in [0, 0.05) is 30.4 Å². The highest BCUT2D eigenvalue weighted by molar-refractivity contribution is 5.92. The highest BCUT2D eigenvalue weighted by Gasteiger charge is 2.33. The Hall–Kier alpha value is -3.61. The average Bonchev–Trinajstić information content (AvgIpc) is 3.27. The molecule has 1 saturated heterocycles. The molecule has 0 aliphatic carbocycles. The van der Waals surface area contributed by atoms with Gasteiger partial charge in [-0.05, 0) is 48.1 Å². The zero-order valence-electron chi connectivity index (χ0n) is 16.7. The summed E-state index contributed by atoms with van der Waals surface area (Å²) in [5.41, 5.74) is 7.76. The number of pyridine rings is 1. The number of rotatable bonds is 6. The molecule has 2 heterocycles. The second kappa shape index (κ2) is 8.82. The van der Waals surface area contributed by atoms with Gasteiger partial charge in [0.1, 0.15) is 11.9 Å². The maximum absolute atomic E-state index is 12.8. The van der Waals surface area contributed by atoms with E-state index >= 15 is 0 Å². The lowest BCUT2D eigenvalue weighted by Crippen LogP contribution is -2.47. The van der Waals surface area contributed by atoms with E-state index in [1.807, 2.05) is 54.6 Å². The van der Waals surface area contributed by atoms with Gasteiger partial charge in [0.25, 0.3) is 0 Å². The Kier molecular flexibility index (Phi) is 5.79. The zero-order chi connectivity index (χ0) is 20.9. The largest absolute Gasteiger partial charge is 0.383 e. The van der Waals surface area contributed by atoms with Gasteiger partial charge in [-0.3, -0.25) is 9.59 Å². The highest BCUT2D eigenvalue weighted by Crippen LogP contribution is 2.21. The van der Waals surface area contributed by atoms with Crippen LogP contribution in [0.1, 0.15) is 18.4 Å². The number of carbonyl (C=O) groups excluding carboxylic acids is 2. The van der Waals surface area contributed by atoms with Gasteiger partial charge in [0.2, 0.25) is 11.8 Å². The quantitative estimate of drug-likeness (QED) is 0.587. The first kappa shape index (κ1) is 19.7. The maximum atomic E-state index is 12.8. The second-order valence-electron chi connectivity index (χ2n) is 7.43. The number of amides is 2. The second-order valence-corrected chi connectivity index (χ2v) is 7.43. The Morgan fingerprint density at radius 1 is 1.13 bits per heavy atom. The molecule has 0 bridgehead atoms. The molecular weight excluding hydrogens is 378 g/mol. The molecule has 1 aromatic heterocycles. The van der Waals surface area contributed by atoms with Crippen molar-refractivity contribution in [2.24, 2.45) is 0 Å². The average molecular weight is 403 g/mol. The smallest absolute Gasteiger partial charge is 0.243 e. The number of benzene rings is 2. The Balaban J connectivity index is 1.35. The fourth-order valence-corrected chi connectivity index (χ4v) is 3.84. The first-order chi connectivity index (χ1) is 14.6. The monoisotopic (exact) mass is 403 g/mol. The van der Waals surface area contributed by atoms with E-state index in [1.54, 1.807) is 11.1 Å². The lowest BCUT2D eigenvalue weighted by Gasteiger charge is -2.24. The summed E-state index contributed by atoms with van der Waals surface area (Å²) in [5.74, 6) is 0.312. The highest BCUT2D eigenvalue weighted by atomic mass is 16.2. The molecule has 30 heavy (non-hydrogen) atoms. The number of fused-ring (bicyclic) bond motifs is 1. The number of likely N-dealkylation sites (tertiary alicyclic amines) is 1. The van der Waals surface area contributed by atoms with Crippen LogP contribution in [0.15, 0.2) is 60.8 Å². The van der Waals surface area contributed by atoms with Crippen LogP contribution in [0.4, 0.5) is 11.5 Å². The summed E-state index contributed by atoms with van der Waals surface area (Å²) >= 11 is 0. The Morgan fingerprint density at radius 2 is 1.97 bits per heavy atom. The standard InChI is InChI=1S/C23H25N5O2/c24-22-19-9-8-16(13-17(19)10-11-25-22)14-27-23(30)20-7-4-12-28(20)21(29)15-26-18-5-2-1-3-6-18/h1-3,5-6,8-11,13,20,26H,4,7,12,14-15H2,(H2,24,25)(H,27,30)/t20-/m0/s1. The molecule has 0 spiro atoms. The summed E-state index contributed by atoms with van der Waals surface area (Å²) < 4.78 is 0. The van der Waals surface area contributed by atoms with Crippen molar-refractivity contribution < 1.29 is 9.59 Å². The molecule has 0 unspecified atom stereocenters. The summed E-state index contributed by atoms with van der Waals surface area (Å²) in [6.45, 7) is 1.18. The first-order valence-electron chi connectivity index (χ1n) is 10.1. The van der Waals surface area contributed by atoms with Crippen LogP contribution in [0.5, 0.6) is 0 Å². The van der Waals surface area contributed by atoms with Gasteiger partial charge < -0.3 is 21.3 Å². The van der Waals surface area contributed by atoms with E-state index in [-0.39, 0.29) is 18.4 Å². The number of aromatic nitrogens is 1. The van der Waals surface area contributed by atoms with Crippen LogP contribution in [0.25, 0.3) is 10.8 Å². The molecule has 1 aliphatic rings. The number of nitrogens with zero attached hydrogens (tertiary/aromatic N) is 2. The number of nitrogens with one attached hydrogen (secondary N) is 2. The minimum absolute atomic E-state index is 0.0646. The van der Waals surface area contributed by atoms with Crippen LogP contribution < -0.4 is 16.4 Å². The van der Waals surface area contributed by atoms with E-state index in [0.29, 0.717) is 25.3 Å². The maximum Gasteiger partial charge on any atom is 0.243 e. The number of carbonyl (C=O) groups is 2. The molecule has 3 aromatic rings. The van der Waals surface area contributed by atoms with Crippen molar-refractivity contribution >= 4 is 34.1 Å². The summed E-state index contributed by atoms with van der Waals surface area (Å²) in [6.07, 6.45) is 3.19. The molecule has 0 saturated carbocycles. The van der Waals surface area contributed by atoms with Crippen molar-refractivity contribution in [2.75, 3.05) is 24.1 Å².